The van der Waals surface area contributed by atoms with Crippen molar-refractivity contribution in [3.05, 3.63) is 52.9 Å². The van der Waals surface area contributed by atoms with Crippen molar-refractivity contribution in [1.82, 2.24) is 14.8 Å². The van der Waals surface area contributed by atoms with Crippen molar-refractivity contribution in [2.24, 2.45) is 0 Å². The molecule has 1 amide bonds. The van der Waals surface area contributed by atoms with Gasteiger partial charge >= 0.3 is 0 Å². The lowest BCUT2D eigenvalue weighted by atomic mass is 10.2. The summed E-state index contributed by atoms with van der Waals surface area (Å²) in [6, 6.07) is 10.9. The molecule has 2 N–H and O–H groups in total. The van der Waals surface area contributed by atoms with Crippen LogP contribution in [0, 0.1) is 0 Å². The van der Waals surface area contributed by atoms with Gasteiger partial charge in [0.25, 0.3) is 5.91 Å². The van der Waals surface area contributed by atoms with Crippen LogP contribution < -0.4 is 10.4 Å². The number of rotatable bonds is 5. The number of sulfonamides is 1. The molecule has 3 heterocycles. The zero-order valence-electron chi connectivity index (χ0n) is 15.2. The van der Waals surface area contributed by atoms with E-state index >= 15 is 0 Å². The van der Waals surface area contributed by atoms with Gasteiger partial charge in [0.1, 0.15) is 4.88 Å². The monoisotopic (exact) mass is 450 g/mol. The second-order valence-electron chi connectivity index (χ2n) is 6.34. The van der Waals surface area contributed by atoms with Gasteiger partial charge in [0.2, 0.25) is 10.0 Å². The Bertz CT molecular complexity index is 1090. The fourth-order valence-corrected chi connectivity index (χ4v) is 6.09. The topological polar surface area (TPSA) is 103 Å². The number of hydrogen-bond donors (Lipinski definition) is 2. The Balaban J connectivity index is 1.43. The minimum absolute atomic E-state index is 0.280. The van der Waals surface area contributed by atoms with Crippen LogP contribution >= 0.6 is 22.7 Å². The van der Waals surface area contributed by atoms with Gasteiger partial charge in [-0.1, -0.05) is 29.5 Å². The molecule has 0 spiro atoms. The summed E-state index contributed by atoms with van der Waals surface area (Å²) in [4.78, 5) is 19.3. The third kappa shape index (κ3) is 4.05. The molecule has 0 bridgehead atoms. The van der Waals surface area contributed by atoms with Crippen LogP contribution in [0.5, 0.6) is 0 Å². The second-order valence-corrected chi connectivity index (χ2v) is 10.2. The highest BCUT2D eigenvalue weighted by atomic mass is 32.2. The van der Waals surface area contributed by atoms with E-state index in [-0.39, 0.29) is 4.90 Å². The summed E-state index contributed by atoms with van der Waals surface area (Å²) in [5.41, 5.74) is 2.58. The highest BCUT2D eigenvalue weighted by Crippen LogP contribution is 2.28. The fourth-order valence-electron chi connectivity index (χ4n) is 3.07. The molecule has 8 nitrogen and oxygen atoms in total. The molecular formula is C18H18N4O4S3. The van der Waals surface area contributed by atoms with E-state index in [0.717, 1.165) is 21.8 Å². The molecule has 1 saturated heterocycles. The number of thiophene rings is 1. The summed E-state index contributed by atoms with van der Waals surface area (Å²) in [7, 11) is -3.57. The molecule has 0 unspecified atom stereocenters. The van der Waals surface area contributed by atoms with Crippen molar-refractivity contribution in [2.75, 3.05) is 31.1 Å². The number of carbonyl (C=O) groups excluding carboxylic acids is 1. The zero-order valence-corrected chi connectivity index (χ0v) is 17.6. The van der Waals surface area contributed by atoms with E-state index in [0.29, 0.717) is 36.2 Å². The normalized spacial score (nSPS) is 15.4. The predicted octanol–water partition coefficient (Wildman–Crippen LogP) is 2.50. The number of thiazole rings is 1. The van der Waals surface area contributed by atoms with Crippen molar-refractivity contribution in [1.29, 1.82) is 0 Å². The molecule has 152 valence electrons. The Labute approximate surface area is 176 Å². The summed E-state index contributed by atoms with van der Waals surface area (Å²) in [5, 5.41) is 11.3. The number of piperazine rings is 1. The van der Waals surface area contributed by atoms with Gasteiger partial charge in [-0.2, -0.15) is 4.31 Å². The van der Waals surface area contributed by atoms with Crippen LogP contribution in [0.15, 0.2) is 52.9 Å². The number of nitrogens with one attached hydrogen (secondary N) is 1. The minimum Gasteiger partial charge on any atom is -0.345 e. The smallest absolute Gasteiger partial charge is 0.286 e. The summed E-state index contributed by atoms with van der Waals surface area (Å²) < 4.78 is 27.4. The van der Waals surface area contributed by atoms with E-state index in [1.807, 2.05) is 34.5 Å². The van der Waals surface area contributed by atoms with Crippen molar-refractivity contribution in [2.45, 2.75) is 4.90 Å². The quantitative estimate of drug-likeness (QED) is 0.457. The molecule has 0 aliphatic carbocycles. The maximum atomic E-state index is 13.0. The van der Waals surface area contributed by atoms with Crippen LogP contribution in [0.2, 0.25) is 0 Å². The average Bonchev–Trinajstić information content (AvgIpc) is 3.46. The van der Waals surface area contributed by atoms with Crippen LogP contribution in [-0.2, 0) is 10.0 Å². The summed E-state index contributed by atoms with van der Waals surface area (Å²) in [5.74, 6) is -0.610. The summed E-state index contributed by atoms with van der Waals surface area (Å²) in [6.45, 7) is 1.60. The Morgan fingerprint density at radius 3 is 2.45 bits per heavy atom. The third-order valence-corrected chi connectivity index (χ3v) is 8.51. The molecule has 4 rings (SSSR count). The summed E-state index contributed by atoms with van der Waals surface area (Å²) in [6.07, 6.45) is 1.39. The Morgan fingerprint density at radius 2 is 1.83 bits per heavy atom. The van der Waals surface area contributed by atoms with E-state index in [1.54, 1.807) is 28.9 Å². The SMILES string of the molecule is O=C(NO)c1cnc(N2CCN(S(=O)(=O)c3ccc(-c4cccs4)cc3)CC2)s1. The van der Waals surface area contributed by atoms with Crippen molar-refractivity contribution < 1.29 is 18.4 Å². The largest absolute Gasteiger partial charge is 0.345 e. The summed E-state index contributed by atoms with van der Waals surface area (Å²) >= 11 is 2.76. The van der Waals surface area contributed by atoms with Gasteiger partial charge in [0.15, 0.2) is 5.13 Å². The van der Waals surface area contributed by atoms with E-state index in [2.05, 4.69) is 4.98 Å². The molecule has 0 saturated carbocycles. The van der Waals surface area contributed by atoms with Crippen molar-refractivity contribution in [3.63, 3.8) is 0 Å². The van der Waals surface area contributed by atoms with Gasteiger partial charge in [-0.3, -0.25) is 10.0 Å². The molecule has 2 aromatic heterocycles. The lowest BCUT2D eigenvalue weighted by molar-refractivity contribution is 0.0710. The predicted molar refractivity (Wildman–Crippen MR) is 112 cm³/mol. The molecule has 0 radical (unpaired) electrons. The van der Waals surface area contributed by atoms with E-state index in [9.17, 15) is 13.2 Å². The van der Waals surface area contributed by atoms with E-state index in [1.165, 1.54) is 10.5 Å². The van der Waals surface area contributed by atoms with Crippen molar-refractivity contribution in [3.8, 4) is 10.4 Å². The van der Waals surface area contributed by atoms with Crippen molar-refractivity contribution >= 4 is 43.7 Å². The molecule has 1 aliphatic rings. The zero-order chi connectivity index (χ0) is 20.4. The highest BCUT2D eigenvalue weighted by Gasteiger charge is 2.29. The number of carbonyl (C=O) groups is 1. The number of hydrogen-bond acceptors (Lipinski definition) is 8. The number of amides is 1. The first-order chi connectivity index (χ1) is 14.0. The standard InChI is InChI=1S/C18H18N4O4S3/c23-17(20-24)16-12-19-18(28-16)21-7-9-22(10-8-21)29(25,26)14-5-3-13(4-6-14)15-2-1-11-27-15/h1-6,11-12,24H,7-10H2,(H,20,23). The first-order valence-corrected chi connectivity index (χ1v) is 11.9. The van der Waals surface area contributed by atoms with E-state index in [4.69, 9.17) is 5.21 Å². The number of anilines is 1. The Morgan fingerprint density at radius 1 is 1.10 bits per heavy atom. The van der Waals surface area contributed by atoms with Gasteiger partial charge in [-0.25, -0.2) is 18.9 Å². The van der Waals surface area contributed by atoms with Gasteiger partial charge in [-0.15, -0.1) is 11.3 Å². The van der Waals surface area contributed by atoms with Crippen LogP contribution in [0.3, 0.4) is 0 Å². The van der Waals surface area contributed by atoms with Gasteiger partial charge in [0.05, 0.1) is 11.1 Å². The lowest BCUT2D eigenvalue weighted by Crippen LogP contribution is -2.48. The molecular weight excluding hydrogens is 432 g/mol. The minimum atomic E-state index is -3.57. The van der Waals surface area contributed by atoms with Crippen LogP contribution in [0.25, 0.3) is 10.4 Å². The maximum absolute atomic E-state index is 13.0. The average molecular weight is 451 g/mol. The molecule has 29 heavy (non-hydrogen) atoms. The number of benzene rings is 1. The second kappa shape index (κ2) is 8.20. The van der Waals surface area contributed by atoms with Gasteiger partial charge in [-0.05, 0) is 29.1 Å². The van der Waals surface area contributed by atoms with Crippen LogP contribution in [0.4, 0.5) is 5.13 Å². The highest BCUT2D eigenvalue weighted by molar-refractivity contribution is 7.89. The molecule has 1 fully saturated rings. The molecule has 11 heteroatoms. The Kier molecular flexibility index (Phi) is 5.65. The molecule has 3 aromatic rings. The van der Waals surface area contributed by atoms with Gasteiger partial charge in [0, 0.05) is 31.1 Å². The molecule has 1 aliphatic heterocycles. The maximum Gasteiger partial charge on any atom is 0.286 e. The van der Waals surface area contributed by atoms with Crippen LogP contribution in [-0.4, -0.2) is 55.0 Å². The molecule has 0 atom stereocenters. The fraction of sp³-hybridized carbons (Fsp3) is 0.222. The number of nitrogens with zero attached hydrogens (tertiary/aromatic N) is 3. The third-order valence-electron chi connectivity index (χ3n) is 4.63. The van der Waals surface area contributed by atoms with Crippen LogP contribution in [0.1, 0.15) is 9.67 Å². The number of hydroxylamine groups is 1. The lowest BCUT2D eigenvalue weighted by Gasteiger charge is -2.33. The number of aromatic nitrogens is 1. The van der Waals surface area contributed by atoms with Gasteiger partial charge < -0.3 is 4.90 Å². The first kappa shape index (κ1) is 20.0. The first-order valence-electron chi connectivity index (χ1n) is 8.78. The molecule has 1 aromatic carbocycles. The Hall–Kier alpha value is -2.31. The van der Waals surface area contributed by atoms with E-state index < -0.39 is 15.9 Å².